The molecule has 1 aliphatic heterocycles. The average molecular weight is 271 g/mol. The van der Waals surface area contributed by atoms with Crippen LogP contribution in [0, 0.1) is 0 Å². The van der Waals surface area contributed by atoms with Crippen LogP contribution in [-0.2, 0) is 13.1 Å². The Balaban J connectivity index is 1.57. The Morgan fingerprint density at radius 3 is 2.90 bits per heavy atom. The van der Waals surface area contributed by atoms with Gasteiger partial charge in [0, 0.05) is 25.8 Å². The molecule has 5 heteroatoms. The maximum atomic E-state index is 5.52. The lowest BCUT2D eigenvalue weighted by Crippen LogP contribution is -2.20. The number of hydrogen-bond acceptors (Lipinski definition) is 4. The molecule has 5 nitrogen and oxygen atoms in total. The van der Waals surface area contributed by atoms with Gasteiger partial charge < -0.3 is 5.73 Å². The highest BCUT2D eigenvalue weighted by molar-refractivity contribution is 5.21. The summed E-state index contributed by atoms with van der Waals surface area (Å²) in [6, 6.07) is 10.8. The Morgan fingerprint density at radius 1 is 1.25 bits per heavy atom. The molecule has 1 unspecified atom stereocenters. The van der Waals surface area contributed by atoms with Gasteiger partial charge in [0.25, 0.3) is 0 Å². The number of hydrogen-bond donors (Lipinski definition) is 1. The molecule has 2 N–H and O–H groups in total. The standard InChI is InChI=1S/C15H21N5/c16-7-9-20-12-15(17-18-20)11-19-8-6-14(10-19)13-4-2-1-3-5-13/h1-5,12,14H,6-11,16H2. The van der Waals surface area contributed by atoms with Crippen LogP contribution in [0.15, 0.2) is 36.5 Å². The van der Waals surface area contributed by atoms with Gasteiger partial charge in [-0.1, -0.05) is 35.5 Å². The zero-order valence-corrected chi connectivity index (χ0v) is 11.7. The summed E-state index contributed by atoms with van der Waals surface area (Å²) in [6.07, 6.45) is 3.23. The summed E-state index contributed by atoms with van der Waals surface area (Å²) < 4.78 is 1.82. The predicted octanol–water partition coefficient (Wildman–Crippen LogP) is 1.23. The molecule has 0 radical (unpaired) electrons. The summed E-state index contributed by atoms with van der Waals surface area (Å²) in [5.74, 6) is 0.648. The molecule has 1 saturated heterocycles. The van der Waals surface area contributed by atoms with Gasteiger partial charge in [-0.2, -0.15) is 0 Å². The first-order valence-electron chi connectivity index (χ1n) is 7.21. The number of nitrogens with two attached hydrogens (primary N) is 1. The van der Waals surface area contributed by atoms with Crippen molar-refractivity contribution in [2.45, 2.75) is 25.4 Å². The topological polar surface area (TPSA) is 60.0 Å². The van der Waals surface area contributed by atoms with E-state index in [4.69, 9.17) is 5.73 Å². The third kappa shape index (κ3) is 3.05. The molecule has 0 bridgehead atoms. The van der Waals surface area contributed by atoms with Crippen LogP contribution < -0.4 is 5.73 Å². The second-order valence-electron chi connectivity index (χ2n) is 5.39. The molecule has 3 rings (SSSR count). The first kappa shape index (κ1) is 13.3. The van der Waals surface area contributed by atoms with Gasteiger partial charge in [-0.25, -0.2) is 0 Å². The van der Waals surface area contributed by atoms with Gasteiger partial charge >= 0.3 is 0 Å². The molecular weight excluding hydrogens is 250 g/mol. The van der Waals surface area contributed by atoms with Gasteiger partial charge in [-0.05, 0) is 24.4 Å². The number of benzene rings is 1. The van der Waals surface area contributed by atoms with Crippen LogP contribution in [0.4, 0.5) is 0 Å². The van der Waals surface area contributed by atoms with Crippen LogP contribution in [0.5, 0.6) is 0 Å². The van der Waals surface area contributed by atoms with Gasteiger partial charge in [0.15, 0.2) is 0 Å². The fourth-order valence-electron chi connectivity index (χ4n) is 2.86. The van der Waals surface area contributed by atoms with E-state index in [1.54, 1.807) is 0 Å². The van der Waals surface area contributed by atoms with Crippen LogP contribution in [0.1, 0.15) is 23.6 Å². The van der Waals surface area contributed by atoms with E-state index >= 15 is 0 Å². The van der Waals surface area contributed by atoms with Crippen LogP contribution in [-0.4, -0.2) is 39.5 Å². The molecule has 1 aromatic heterocycles. The van der Waals surface area contributed by atoms with Crippen molar-refractivity contribution < 1.29 is 0 Å². The Labute approximate surface area is 119 Å². The van der Waals surface area contributed by atoms with Crippen molar-refractivity contribution in [3.63, 3.8) is 0 Å². The molecule has 2 heterocycles. The van der Waals surface area contributed by atoms with E-state index < -0.39 is 0 Å². The smallest absolute Gasteiger partial charge is 0.0967 e. The molecule has 0 aliphatic carbocycles. The Hall–Kier alpha value is -1.72. The Morgan fingerprint density at radius 2 is 2.10 bits per heavy atom. The molecule has 106 valence electrons. The van der Waals surface area contributed by atoms with Gasteiger partial charge in [-0.15, -0.1) is 5.10 Å². The van der Waals surface area contributed by atoms with Gasteiger partial charge in [0.2, 0.25) is 0 Å². The first-order chi connectivity index (χ1) is 9.85. The molecule has 0 spiro atoms. The predicted molar refractivity (Wildman–Crippen MR) is 78.2 cm³/mol. The lowest BCUT2D eigenvalue weighted by molar-refractivity contribution is 0.322. The largest absolute Gasteiger partial charge is 0.329 e. The summed E-state index contributed by atoms with van der Waals surface area (Å²) in [6.45, 7) is 4.45. The van der Waals surface area contributed by atoms with E-state index in [1.807, 2.05) is 10.9 Å². The van der Waals surface area contributed by atoms with E-state index in [9.17, 15) is 0 Å². The second-order valence-corrected chi connectivity index (χ2v) is 5.39. The highest BCUT2D eigenvalue weighted by Crippen LogP contribution is 2.27. The van der Waals surface area contributed by atoms with Gasteiger partial charge in [0.1, 0.15) is 0 Å². The molecule has 1 aliphatic rings. The zero-order valence-electron chi connectivity index (χ0n) is 11.7. The number of nitrogens with zero attached hydrogens (tertiary/aromatic N) is 4. The SMILES string of the molecule is NCCn1cc(CN2CCC(c3ccccc3)C2)nn1. The quantitative estimate of drug-likeness (QED) is 0.888. The lowest BCUT2D eigenvalue weighted by atomic mass is 9.99. The molecule has 1 aromatic carbocycles. The van der Waals surface area contributed by atoms with Crippen molar-refractivity contribution in [3.05, 3.63) is 47.8 Å². The van der Waals surface area contributed by atoms with Gasteiger partial charge in [-0.3, -0.25) is 9.58 Å². The van der Waals surface area contributed by atoms with Crippen molar-refractivity contribution in [3.8, 4) is 0 Å². The highest BCUT2D eigenvalue weighted by atomic mass is 15.4. The summed E-state index contributed by atoms with van der Waals surface area (Å²) >= 11 is 0. The molecule has 2 aromatic rings. The molecule has 0 amide bonds. The fraction of sp³-hybridized carbons (Fsp3) is 0.467. The normalized spacial score (nSPS) is 19.6. The molecular formula is C15H21N5. The third-order valence-electron chi connectivity index (χ3n) is 3.87. The minimum atomic E-state index is 0.600. The number of likely N-dealkylation sites (tertiary alicyclic amines) is 1. The zero-order chi connectivity index (χ0) is 13.8. The van der Waals surface area contributed by atoms with Gasteiger partial charge in [0.05, 0.1) is 12.2 Å². The van der Waals surface area contributed by atoms with Crippen molar-refractivity contribution in [2.75, 3.05) is 19.6 Å². The van der Waals surface area contributed by atoms with Crippen molar-refractivity contribution >= 4 is 0 Å². The van der Waals surface area contributed by atoms with Crippen LogP contribution in [0.2, 0.25) is 0 Å². The monoisotopic (exact) mass is 271 g/mol. The highest BCUT2D eigenvalue weighted by Gasteiger charge is 2.24. The number of rotatable bonds is 5. The molecule has 0 saturated carbocycles. The summed E-state index contributed by atoms with van der Waals surface area (Å²) in [7, 11) is 0. The van der Waals surface area contributed by atoms with Crippen molar-refractivity contribution in [1.29, 1.82) is 0 Å². The van der Waals surface area contributed by atoms with Crippen molar-refractivity contribution in [2.24, 2.45) is 5.73 Å². The van der Waals surface area contributed by atoms with Crippen LogP contribution in [0.25, 0.3) is 0 Å². The molecule has 20 heavy (non-hydrogen) atoms. The molecule has 1 atom stereocenters. The summed E-state index contributed by atoms with van der Waals surface area (Å²) in [5.41, 5.74) is 8.00. The Kier molecular flexibility index (Phi) is 4.08. The van der Waals surface area contributed by atoms with Crippen LogP contribution >= 0.6 is 0 Å². The van der Waals surface area contributed by atoms with E-state index in [1.165, 1.54) is 12.0 Å². The Bertz CT molecular complexity index is 536. The van der Waals surface area contributed by atoms with E-state index in [0.29, 0.717) is 12.5 Å². The maximum Gasteiger partial charge on any atom is 0.0967 e. The maximum absolute atomic E-state index is 5.52. The minimum Gasteiger partial charge on any atom is -0.329 e. The fourth-order valence-corrected chi connectivity index (χ4v) is 2.86. The minimum absolute atomic E-state index is 0.600. The van der Waals surface area contributed by atoms with Crippen LogP contribution in [0.3, 0.4) is 0 Å². The van der Waals surface area contributed by atoms with Crippen molar-refractivity contribution in [1.82, 2.24) is 19.9 Å². The van der Waals surface area contributed by atoms with E-state index in [0.717, 1.165) is 31.9 Å². The lowest BCUT2D eigenvalue weighted by Gasteiger charge is -2.14. The second kappa shape index (κ2) is 6.15. The third-order valence-corrected chi connectivity index (χ3v) is 3.87. The van der Waals surface area contributed by atoms with E-state index in [2.05, 4.69) is 45.5 Å². The first-order valence-corrected chi connectivity index (χ1v) is 7.21. The van der Waals surface area contributed by atoms with E-state index in [-0.39, 0.29) is 0 Å². The average Bonchev–Trinajstić information content (AvgIpc) is 3.11. The molecule has 1 fully saturated rings. The number of aromatic nitrogens is 3. The summed E-state index contributed by atoms with van der Waals surface area (Å²) in [5, 5.41) is 8.30. The summed E-state index contributed by atoms with van der Waals surface area (Å²) in [4.78, 5) is 2.45.